The monoisotopic (exact) mass is 267 g/mol. The molecule has 0 radical (unpaired) electrons. The molecule has 2 rings (SSSR count). The number of rotatable bonds is 2. The first-order valence-corrected chi connectivity index (χ1v) is 6.58. The Hall–Kier alpha value is -1.36. The Labute approximate surface area is 112 Å². The molecule has 1 fully saturated rings. The molecule has 5 heteroatoms. The van der Waals surface area contributed by atoms with Gasteiger partial charge in [-0.15, -0.1) is 0 Å². The maximum atomic E-state index is 13.3. The van der Waals surface area contributed by atoms with Crippen LogP contribution in [0.5, 0.6) is 0 Å². The second-order valence-corrected chi connectivity index (χ2v) is 5.26. The van der Waals surface area contributed by atoms with E-state index in [0.29, 0.717) is 5.69 Å². The van der Waals surface area contributed by atoms with E-state index in [0.717, 1.165) is 37.5 Å². The quantitative estimate of drug-likeness (QED) is 0.808. The molecule has 1 saturated heterocycles. The minimum atomic E-state index is -0.289. The molecule has 0 amide bonds. The smallest absolute Gasteiger partial charge is 0.168 e. The van der Waals surface area contributed by atoms with Gasteiger partial charge in [-0.3, -0.25) is 0 Å². The van der Waals surface area contributed by atoms with Crippen molar-refractivity contribution in [2.24, 2.45) is 11.7 Å². The average molecular weight is 267 g/mol. The van der Waals surface area contributed by atoms with Gasteiger partial charge in [0.1, 0.15) is 5.82 Å². The maximum absolute atomic E-state index is 13.3. The molecular weight excluding hydrogens is 249 g/mol. The lowest BCUT2D eigenvalue weighted by Crippen LogP contribution is -2.33. The van der Waals surface area contributed by atoms with Gasteiger partial charge in [-0.25, -0.2) is 4.39 Å². The third kappa shape index (κ3) is 3.10. The van der Waals surface area contributed by atoms with Crippen molar-refractivity contribution in [2.75, 3.05) is 23.3 Å². The summed E-state index contributed by atoms with van der Waals surface area (Å²) in [6.07, 6.45) is 2.31. The summed E-state index contributed by atoms with van der Waals surface area (Å²) >= 11 is 4.83. The van der Waals surface area contributed by atoms with Crippen LogP contribution in [0.3, 0.4) is 0 Å². The fourth-order valence-electron chi connectivity index (χ4n) is 2.27. The van der Waals surface area contributed by atoms with Crippen molar-refractivity contribution in [3.63, 3.8) is 0 Å². The Morgan fingerprint density at radius 1 is 1.44 bits per heavy atom. The van der Waals surface area contributed by atoms with Crippen LogP contribution >= 0.6 is 12.2 Å². The second-order valence-electron chi connectivity index (χ2n) is 4.82. The number of nitrogens with one attached hydrogen (secondary N) is 1. The van der Waals surface area contributed by atoms with Crippen molar-refractivity contribution in [3.05, 3.63) is 24.0 Å². The van der Waals surface area contributed by atoms with Crippen molar-refractivity contribution in [1.29, 1.82) is 0 Å². The van der Waals surface area contributed by atoms with Crippen LogP contribution in [-0.4, -0.2) is 18.2 Å². The lowest BCUT2D eigenvalue weighted by atomic mass is 9.98. The number of thiocarbonyl (C=S) groups is 1. The highest BCUT2D eigenvalue weighted by molar-refractivity contribution is 7.80. The zero-order valence-corrected chi connectivity index (χ0v) is 11.3. The van der Waals surface area contributed by atoms with Crippen LogP contribution in [0.15, 0.2) is 18.2 Å². The van der Waals surface area contributed by atoms with E-state index in [2.05, 4.69) is 17.1 Å². The van der Waals surface area contributed by atoms with Gasteiger partial charge in [0.15, 0.2) is 5.11 Å². The summed E-state index contributed by atoms with van der Waals surface area (Å²) in [6.45, 7) is 4.23. The highest BCUT2D eigenvalue weighted by Gasteiger charge is 2.18. The van der Waals surface area contributed by atoms with Gasteiger partial charge in [0, 0.05) is 13.1 Å². The topological polar surface area (TPSA) is 41.3 Å². The normalized spacial score (nSPS) is 16.7. The first kappa shape index (κ1) is 13.1. The Bertz CT molecular complexity index is 442. The summed E-state index contributed by atoms with van der Waals surface area (Å²) in [7, 11) is 0. The van der Waals surface area contributed by atoms with E-state index < -0.39 is 0 Å². The van der Waals surface area contributed by atoms with Crippen LogP contribution in [0.25, 0.3) is 0 Å². The van der Waals surface area contributed by atoms with Crippen LogP contribution in [-0.2, 0) is 0 Å². The molecule has 1 aromatic carbocycles. The third-order valence-corrected chi connectivity index (χ3v) is 3.44. The molecule has 1 heterocycles. The Kier molecular flexibility index (Phi) is 4.01. The van der Waals surface area contributed by atoms with E-state index in [4.69, 9.17) is 18.0 Å². The van der Waals surface area contributed by atoms with Gasteiger partial charge in [0.2, 0.25) is 0 Å². The number of halogens is 1. The molecule has 1 aliphatic heterocycles. The third-order valence-electron chi connectivity index (χ3n) is 3.34. The summed E-state index contributed by atoms with van der Waals surface area (Å²) in [6, 6.07) is 4.69. The van der Waals surface area contributed by atoms with Crippen molar-refractivity contribution in [1.82, 2.24) is 0 Å². The molecular formula is C13H18FN3S. The molecule has 0 aromatic heterocycles. The molecule has 0 spiro atoms. The number of piperidine rings is 1. The Morgan fingerprint density at radius 3 is 2.72 bits per heavy atom. The first-order valence-electron chi connectivity index (χ1n) is 6.17. The first-order chi connectivity index (χ1) is 8.56. The van der Waals surface area contributed by atoms with E-state index >= 15 is 0 Å². The van der Waals surface area contributed by atoms with Gasteiger partial charge in [0.25, 0.3) is 0 Å². The van der Waals surface area contributed by atoms with Crippen molar-refractivity contribution in [2.45, 2.75) is 19.8 Å². The van der Waals surface area contributed by atoms with Gasteiger partial charge in [-0.2, -0.15) is 0 Å². The van der Waals surface area contributed by atoms with Gasteiger partial charge < -0.3 is 16.0 Å². The predicted octanol–water partition coefficient (Wildman–Crippen LogP) is 2.72. The van der Waals surface area contributed by atoms with Gasteiger partial charge >= 0.3 is 0 Å². The summed E-state index contributed by atoms with van der Waals surface area (Å²) in [5.41, 5.74) is 7.09. The van der Waals surface area contributed by atoms with Crippen molar-refractivity contribution >= 4 is 28.7 Å². The fraction of sp³-hybridized carbons (Fsp3) is 0.462. The average Bonchev–Trinajstić information content (AvgIpc) is 2.30. The van der Waals surface area contributed by atoms with E-state index in [-0.39, 0.29) is 10.9 Å². The van der Waals surface area contributed by atoms with Crippen LogP contribution in [0.4, 0.5) is 15.8 Å². The molecule has 0 saturated carbocycles. The second kappa shape index (κ2) is 5.52. The van der Waals surface area contributed by atoms with E-state index in [9.17, 15) is 4.39 Å². The van der Waals surface area contributed by atoms with E-state index in [1.807, 2.05) is 0 Å². The predicted molar refractivity (Wildman–Crippen MR) is 77.4 cm³/mol. The minimum absolute atomic E-state index is 0.159. The lowest BCUT2D eigenvalue weighted by Gasteiger charge is -2.33. The maximum Gasteiger partial charge on any atom is 0.168 e. The molecule has 3 N–H and O–H groups in total. The number of nitrogens with two attached hydrogens (primary N) is 1. The van der Waals surface area contributed by atoms with E-state index in [1.54, 1.807) is 6.07 Å². The highest BCUT2D eigenvalue weighted by atomic mass is 32.1. The molecule has 98 valence electrons. The molecule has 0 atom stereocenters. The minimum Gasteiger partial charge on any atom is -0.376 e. The largest absolute Gasteiger partial charge is 0.376 e. The summed E-state index contributed by atoms with van der Waals surface area (Å²) in [4.78, 5) is 2.25. The molecule has 0 aliphatic carbocycles. The van der Waals surface area contributed by atoms with Gasteiger partial charge in [0.05, 0.1) is 11.4 Å². The Balaban J connectivity index is 2.23. The van der Waals surface area contributed by atoms with E-state index in [1.165, 1.54) is 12.1 Å². The van der Waals surface area contributed by atoms with Crippen LogP contribution in [0.1, 0.15) is 19.8 Å². The number of hydrogen-bond acceptors (Lipinski definition) is 2. The molecule has 3 nitrogen and oxygen atoms in total. The Morgan fingerprint density at radius 2 is 2.11 bits per heavy atom. The standard InChI is InChI=1S/C13H18FN3S/c1-9-4-6-17(7-5-9)12-3-2-10(14)8-11(12)16-13(15)18/h2-3,8-9H,4-7H2,1H3,(H3,15,16,18). The van der Waals surface area contributed by atoms with Gasteiger partial charge in [-0.1, -0.05) is 6.92 Å². The fourth-order valence-corrected chi connectivity index (χ4v) is 2.38. The van der Waals surface area contributed by atoms with Crippen LogP contribution < -0.4 is 16.0 Å². The zero-order valence-electron chi connectivity index (χ0n) is 10.4. The van der Waals surface area contributed by atoms with Crippen molar-refractivity contribution in [3.8, 4) is 0 Å². The highest BCUT2D eigenvalue weighted by Crippen LogP contribution is 2.30. The number of hydrogen-bond donors (Lipinski definition) is 2. The van der Waals surface area contributed by atoms with Gasteiger partial charge in [-0.05, 0) is 49.2 Å². The summed E-state index contributed by atoms with van der Waals surface area (Å²) in [5, 5.41) is 3.01. The number of anilines is 2. The SMILES string of the molecule is CC1CCN(c2ccc(F)cc2NC(N)=S)CC1. The van der Waals surface area contributed by atoms with Crippen molar-refractivity contribution < 1.29 is 4.39 Å². The molecule has 1 aliphatic rings. The summed E-state index contributed by atoms with van der Waals surface area (Å²) < 4.78 is 13.3. The number of benzene rings is 1. The molecule has 0 bridgehead atoms. The number of nitrogens with zero attached hydrogens (tertiary/aromatic N) is 1. The zero-order chi connectivity index (χ0) is 13.1. The van der Waals surface area contributed by atoms with Crippen LogP contribution in [0.2, 0.25) is 0 Å². The van der Waals surface area contributed by atoms with Crippen LogP contribution in [0, 0.1) is 11.7 Å². The lowest BCUT2D eigenvalue weighted by molar-refractivity contribution is 0.438. The molecule has 18 heavy (non-hydrogen) atoms. The molecule has 0 unspecified atom stereocenters. The molecule has 1 aromatic rings. The summed E-state index contributed by atoms with van der Waals surface area (Å²) in [5.74, 6) is 0.469.